The van der Waals surface area contributed by atoms with E-state index in [-0.39, 0.29) is 0 Å². The van der Waals surface area contributed by atoms with E-state index in [1.165, 1.54) is 18.5 Å². The number of anilines is 1. The molecule has 0 aliphatic carbocycles. The van der Waals surface area contributed by atoms with Crippen molar-refractivity contribution in [2.24, 2.45) is 0 Å². The molecule has 19 heavy (non-hydrogen) atoms. The molecule has 0 spiro atoms. The second-order valence-electron chi connectivity index (χ2n) is 4.98. The molecule has 0 bridgehead atoms. The van der Waals surface area contributed by atoms with Gasteiger partial charge in [0.1, 0.15) is 5.82 Å². The van der Waals surface area contributed by atoms with Crippen LogP contribution in [-0.2, 0) is 6.54 Å². The lowest BCUT2D eigenvalue weighted by Gasteiger charge is -2.27. The first kappa shape index (κ1) is 12.7. The van der Waals surface area contributed by atoms with E-state index in [1.54, 1.807) is 0 Å². The summed E-state index contributed by atoms with van der Waals surface area (Å²) in [6.45, 7) is 4.16. The molecule has 1 aliphatic heterocycles. The minimum atomic E-state index is 0.531. The van der Waals surface area contributed by atoms with E-state index in [0.29, 0.717) is 6.04 Å². The summed E-state index contributed by atoms with van der Waals surface area (Å²) in [4.78, 5) is 11.0. The summed E-state index contributed by atoms with van der Waals surface area (Å²) in [6, 6.07) is 2.68. The average molecular weight is 321 g/mol. The number of nitrogens with zero attached hydrogens (tertiary/aromatic N) is 4. The molecule has 1 atom stereocenters. The van der Waals surface area contributed by atoms with Gasteiger partial charge >= 0.3 is 0 Å². The molecular formula is C14H17BrN4. The first-order valence-corrected chi connectivity index (χ1v) is 7.38. The topological polar surface area (TPSA) is 34.0 Å². The van der Waals surface area contributed by atoms with Crippen LogP contribution < -0.4 is 4.90 Å². The van der Waals surface area contributed by atoms with Crippen molar-refractivity contribution in [3.63, 3.8) is 0 Å². The van der Waals surface area contributed by atoms with Crippen LogP contribution >= 0.6 is 15.9 Å². The van der Waals surface area contributed by atoms with Crippen molar-refractivity contribution in [1.29, 1.82) is 0 Å². The second kappa shape index (κ2) is 5.33. The summed E-state index contributed by atoms with van der Waals surface area (Å²) >= 11 is 3.50. The van der Waals surface area contributed by atoms with Crippen LogP contribution in [0, 0.1) is 6.92 Å². The SMILES string of the molecule is Cc1nccn1C[C@@H]1CCCN1c1cncc(Br)c1. The van der Waals surface area contributed by atoms with E-state index >= 15 is 0 Å². The monoisotopic (exact) mass is 320 g/mol. The predicted octanol–water partition coefficient (Wildman–Crippen LogP) is 3.02. The Hall–Kier alpha value is -1.36. The van der Waals surface area contributed by atoms with E-state index in [9.17, 15) is 0 Å². The first-order chi connectivity index (χ1) is 9.24. The van der Waals surface area contributed by atoms with Crippen molar-refractivity contribution in [1.82, 2.24) is 14.5 Å². The molecule has 3 rings (SSSR count). The third kappa shape index (κ3) is 2.66. The van der Waals surface area contributed by atoms with Crippen molar-refractivity contribution in [2.45, 2.75) is 32.4 Å². The molecule has 0 aromatic carbocycles. The molecule has 2 aromatic rings. The Labute approximate surface area is 121 Å². The van der Waals surface area contributed by atoms with Crippen LogP contribution in [0.1, 0.15) is 18.7 Å². The lowest BCUT2D eigenvalue weighted by atomic mass is 10.2. The standard InChI is InChI=1S/C14H17BrN4/c1-11-17-4-6-18(11)10-13-3-2-5-19(13)14-7-12(15)8-16-9-14/h4,6-9,13H,2-3,5,10H2,1H3/t13-/m0/s1. The zero-order valence-electron chi connectivity index (χ0n) is 11.0. The predicted molar refractivity (Wildman–Crippen MR) is 79.3 cm³/mol. The van der Waals surface area contributed by atoms with Crippen LogP contribution in [0.25, 0.3) is 0 Å². The Morgan fingerprint density at radius 3 is 3.05 bits per heavy atom. The van der Waals surface area contributed by atoms with Crippen molar-refractivity contribution in [3.05, 3.63) is 41.2 Å². The number of aromatic nitrogens is 3. The first-order valence-electron chi connectivity index (χ1n) is 6.59. The van der Waals surface area contributed by atoms with Crippen LogP contribution in [0.3, 0.4) is 0 Å². The van der Waals surface area contributed by atoms with Crippen molar-refractivity contribution >= 4 is 21.6 Å². The van der Waals surface area contributed by atoms with E-state index in [1.807, 2.05) is 18.6 Å². The van der Waals surface area contributed by atoms with Gasteiger partial charge in [-0.2, -0.15) is 0 Å². The summed E-state index contributed by atoms with van der Waals surface area (Å²) in [6.07, 6.45) is 10.2. The van der Waals surface area contributed by atoms with Gasteiger partial charge < -0.3 is 9.47 Å². The van der Waals surface area contributed by atoms with Crippen LogP contribution in [0.4, 0.5) is 5.69 Å². The molecule has 5 heteroatoms. The molecule has 1 aliphatic rings. The zero-order chi connectivity index (χ0) is 13.2. The maximum atomic E-state index is 4.30. The van der Waals surface area contributed by atoms with Crippen LogP contribution in [0.5, 0.6) is 0 Å². The van der Waals surface area contributed by atoms with E-state index in [4.69, 9.17) is 0 Å². The number of halogens is 1. The van der Waals surface area contributed by atoms with Gasteiger partial charge in [0.25, 0.3) is 0 Å². The highest BCUT2D eigenvalue weighted by Crippen LogP contribution is 2.27. The minimum Gasteiger partial charge on any atom is -0.365 e. The Morgan fingerprint density at radius 1 is 1.42 bits per heavy atom. The molecule has 0 N–H and O–H groups in total. The number of hydrogen-bond acceptors (Lipinski definition) is 3. The van der Waals surface area contributed by atoms with Gasteiger partial charge in [-0.15, -0.1) is 0 Å². The quantitative estimate of drug-likeness (QED) is 0.871. The zero-order valence-corrected chi connectivity index (χ0v) is 12.5. The molecule has 3 heterocycles. The highest BCUT2D eigenvalue weighted by Gasteiger charge is 2.25. The Balaban J connectivity index is 1.80. The molecule has 0 amide bonds. The van der Waals surface area contributed by atoms with Crippen molar-refractivity contribution < 1.29 is 0 Å². The highest BCUT2D eigenvalue weighted by atomic mass is 79.9. The van der Waals surface area contributed by atoms with Gasteiger partial charge in [0.05, 0.1) is 11.9 Å². The van der Waals surface area contributed by atoms with Crippen LogP contribution in [0.15, 0.2) is 35.3 Å². The molecule has 1 saturated heterocycles. The molecule has 4 nitrogen and oxygen atoms in total. The maximum Gasteiger partial charge on any atom is 0.105 e. The lowest BCUT2D eigenvalue weighted by Crippen LogP contribution is -2.33. The molecule has 100 valence electrons. The van der Waals surface area contributed by atoms with Crippen LogP contribution in [0.2, 0.25) is 0 Å². The molecule has 2 aromatic heterocycles. The number of imidazole rings is 1. The molecule has 0 saturated carbocycles. The fourth-order valence-electron chi connectivity index (χ4n) is 2.75. The Bertz CT molecular complexity index is 566. The number of rotatable bonds is 3. The normalized spacial score (nSPS) is 19.1. The fourth-order valence-corrected chi connectivity index (χ4v) is 3.10. The molecule has 0 unspecified atom stereocenters. The van der Waals surface area contributed by atoms with Crippen molar-refractivity contribution in [3.8, 4) is 0 Å². The summed E-state index contributed by atoms with van der Waals surface area (Å²) < 4.78 is 3.27. The lowest BCUT2D eigenvalue weighted by molar-refractivity contribution is 0.540. The van der Waals surface area contributed by atoms with Crippen LogP contribution in [-0.4, -0.2) is 27.1 Å². The number of hydrogen-bond donors (Lipinski definition) is 0. The third-order valence-corrected chi connectivity index (χ3v) is 4.16. The van der Waals surface area contributed by atoms with Gasteiger partial charge in [0, 0.05) is 42.2 Å². The molecule has 0 radical (unpaired) electrons. The molecule has 1 fully saturated rings. The maximum absolute atomic E-state index is 4.30. The highest BCUT2D eigenvalue weighted by molar-refractivity contribution is 9.10. The summed E-state index contributed by atoms with van der Waals surface area (Å²) in [5.74, 6) is 1.08. The molecular weight excluding hydrogens is 304 g/mol. The van der Waals surface area contributed by atoms with E-state index in [2.05, 4.69) is 54.6 Å². The van der Waals surface area contributed by atoms with Gasteiger partial charge in [-0.05, 0) is 41.8 Å². The largest absolute Gasteiger partial charge is 0.365 e. The summed E-state index contributed by atoms with van der Waals surface area (Å²) in [5, 5.41) is 0. The second-order valence-corrected chi connectivity index (χ2v) is 5.89. The van der Waals surface area contributed by atoms with Gasteiger partial charge in [-0.25, -0.2) is 4.98 Å². The summed E-state index contributed by atoms with van der Waals surface area (Å²) in [7, 11) is 0. The van der Waals surface area contributed by atoms with E-state index in [0.717, 1.165) is 23.4 Å². The van der Waals surface area contributed by atoms with Gasteiger partial charge in [0.2, 0.25) is 0 Å². The van der Waals surface area contributed by atoms with Gasteiger partial charge in [0.15, 0.2) is 0 Å². The Kier molecular flexibility index (Phi) is 3.55. The van der Waals surface area contributed by atoms with Gasteiger partial charge in [-0.3, -0.25) is 4.98 Å². The minimum absolute atomic E-state index is 0.531. The fraction of sp³-hybridized carbons (Fsp3) is 0.429. The average Bonchev–Trinajstić information content (AvgIpc) is 3.00. The van der Waals surface area contributed by atoms with E-state index < -0.39 is 0 Å². The van der Waals surface area contributed by atoms with Gasteiger partial charge in [-0.1, -0.05) is 0 Å². The number of aryl methyl sites for hydroxylation is 1. The number of pyridine rings is 1. The third-order valence-electron chi connectivity index (χ3n) is 3.73. The summed E-state index contributed by atoms with van der Waals surface area (Å²) in [5.41, 5.74) is 1.20. The smallest absolute Gasteiger partial charge is 0.105 e. The van der Waals surface area contributed by atoms with Crippen molar-refractivity contribution in [2.75, 3.05) is 11.4 Å². The Morgan fingerprint density at radius 2 is 2.32 bits per heavy atom.